The summed E-state index contributed by atoms with van der Waals surface area (Å²) in [7, 11) is 0. The fourth-order valence-corrected chi connectivity index (χ4v) is 2.73. The molecule has 0 aromatic heterocycles. The van der Waals surface area contributed by atoms with E-state index in [1.165, 1.54) is 0 Å². The van der Waals surface area contributed by atoms with Crippen LogP contribution < -0.4 is 25.6 Å². The molecule has 7 heteroatoms. The number of para-hydroxylation sites is 2. The number of carbonyl (C=O) groups excluding carboxylic acids is 1. The van der Waals surface area contributed by atoms with Crippen LogP contribution in [0.15, 0.2) is 42.5 Å². The second-order valence-corrected chi connectivity index (χ2v) is 6.22. The van der Waals surface area contributed by atoms with Gasteiger partial charge in [0.15, 0.2) is 16.6 Å². The van der Waals surface area contributed by atoms with Gasteiger partial charge in [0.05, 0.1) is 0 Å². The molecule has 25 heavy (non-hydrogen) atoms. The minimum atomic E-state index is -0.744. The van der Waals surface area contributed by atoms with Gasteiger partial charge in [0.25, 0.3) is 5.91 Å². The number of fused-ring (bicyclic) bond motifs is 1. The quantitative estimate of drug-likeness (QED) is 0.567. The molecule has 1 aliphatic rings. The van der Waals surface area contributed by atoms with Crippen LogP contribution in [0.2, 0.25) is 0 Å². The minimum Gasteiger partial charge on any atom is -0.485 e. The Labute approximate surface area is 151 Å². The summed E-state index contributed by atoms with van der Waals surface area (Å²) in [6.45, 7) is 4.16. The second-order valence-electron chi connectivity index (χ2n) is 5.81. The molecule has 0 saturated heterocycles. The molecular weight excluding hydrogens is 338 g/mol. The van der Waals surface area contributed by atoms with E-state index in [2.05, 4.69) is 22.2 Å². The molecule has 0 spiro atoms. The molecule has 3 rings (SSSR count). The zero-order valence-corrected chi connectivity index (χ0v) is 14.8. The van der Waals surface area contributed by atoms with Gasteiger partial charge in [-0.15, -0.1) is 0 Å². The Morgan fingerprint density at radius 3 is 2.48 bits per heavy atom. The van der Waals surface area contributed by atoms with Crippen molar-refractivity contribution in [3.8, 4) is 11.5 Å². The summed E-state index contributed by atoms with van der Waals surface area (Å²) in [6.07, 6.45) is -0.744. The summed E-state index contributed by atoms with van der Waals surface area (Å²) in [4.78, 5) is 12.2. The predicted octanol–water partition coefficient (Wildman–Crippen LogP) is 2.46. The number of hydrazine groups is 1. The Hall–Kier alpha value is -2.80. The van der Waals surface area contributed by atoms with Crippen molar-refractivity contribution in [3.63, 3.8) is 0 Å². The van der Waals surface area contributed by atoms with Crippen LogP contribution in [0.3, 0.4) is 0 Å². The highest BCUT2D eigenvalue weighted by Crippen LogP contribution is 2.30. The van der Waals surface area contributed by atoms with Gasteiger partial charge < -0.3 is 14.8 Å². The number of aryl methyl sites for hydroxylation is 2. The van der Waals surface area contributed by atoms with Crippen LogP contribution in [-0.2, 0) is 4.79 Å². The number of rotatable bonds is 2. The van der Waals surface area contributed by atoms with Gasteiger partial charge in [-0.2, -0.15) is 0 Å². The maximum Gasteiger partial charge on any atom is 0.283 e. The molecule has 2 aromatic carbocycles. The van der Waals surface area contributed by atoms with Crippen LogP contribution in [-0.4, -0.2) is 23.7 Å². The van der Waals surface area contributed by atoms with E-state index < -0.39 is 6.10 Å². The van der Waals surface area contributed by atoms with Crippen LogP contribution in [0.4, 0.5) is 5.69 Å². The van der Waals surface area contributed by atoms with Gasteiger partial charge in [-0.05, 0) is 61.5 Å². The van der Waals surface area contributed by atoms with Crippen LogP contribution in [0.5, 0.6) is 11.5 Å². The molecule has 1 aliphatic heterocycles. The summed E-state index contributed by atoms with van der Waals surface area (Å²) in [5, 5.41) is 3.32. The number of thiocarbonyl (C=S) groups is 1. The summed E-state index contributed by atoms with van der Waals surface area (Å²) < 4.78 is 11.2. The molecule has 1 amide bonds. The molecule has 0 radical (unpaired) electrons. The Bertz CT molecular complexity index is 790. The first-order valence-electron chi connectivity index (χ1n) is 7.85. The zero-order chi connectivity index (χ0) is 17.8. The molecular formula is C18H19N3O3S. The Kier molecular flexibility index (Phi) is 5.04. The summed E-state index contributed by atoms with van der Waals surface area (Å²) in [5.41, 5.74) is 8.32. The maximum absolute atomic E-state index is 12.2. The van der Waals surface area contributed by atoms with Crippen molar-refractivity contribution < 1.29 is 14.3 Å². The van der Waals surface area contributed by atoms with Crippen molar-refractivity contribution >= 4 is 28.9 Å². The summed E-state index contributed by atoms with van der Waals surface area (Å²) in [5.74, 6) is 0.815. The van der Waals surface area contributed by atoms with Gasteiger partial charge in [-0.3, -0.25) is 15.6 Å². The SMILES string of the molecule is Cc1cc(C)cc(NC(=S)NNC(=O)C2COc3ccccc3O2)c1. The van der Waals surface area contributed by atoms with Crippen LogP contribution in [0.25, 0.3) is 0 Å². The van der Waals surface area contributed by atoms with E-state index >= 15 is 0 Å². The molecule has 1 atom stereocenters. The van der Waals surface area contributed by atoms with Gasteiger partial charge >= 0.3 is 0 Å². The highest BCUT2D eigenvalue weighted by atomic mass is 32.1. The van der Waals surface area contributed by atoms with Gasteiger partial charge in [0.2, 0.25) is 6.10 Å². The first-order valence-corrected chi connectivity index (χ1v) is 8.26. The van der Waals surface area contributed by atoms with Crippen LogP contribution in [0.1, 0.15) is 11.1 Å². The van der Waals surface area contributed by atoms with Gasteiger partial charge in [0, 0.05) is 5.69 Å². The Balaban J connectivity index is 1.51. The van der Waals surface area contributed by atoms with E-state index in [9.17, 15) is 4.79 Å². The smallest absolute Gasteiger partial charge is 0.283 e. The monoisotopic (exact) mass is 357 g/mol. The number of hydrogen-bond acceptors (Lipinski definition) is 4. The molecule has 0 bridgehead atoms. The first-order chi connectivity index (χ1) is 12.0. The third kappa shape index (κ3) is 4.39. The molecule has 6 nitrogen and oxygen atoms in total. The highest BCUT2D eigenvalue weighted by molar-refractivity contribution is 7.80. The number of ether oxygens (including phenoxy) is 2. The number of amides is 1. The number of hydrogen-bond donors (Lipinski definition) is 3. The average molecular weight is 357 g/mol. The fourth-order valence-electron chi connectivity index (χ4n) is 2.56. The van der Waals surface area contributed by atoms with E-state index in [1.807, 2.05) is 38.1 Å². The molecule has 3 N–H and O–H groups in total. The highest BCUT2D eigenvalue weighted by Gasteiger charge is 2.27. The lowest BCUT2D eigenvalue weighted by Crippen LogP contribution is -2.51. The lowest BCUT2D eigenvalue weighted by Gasteiger charge is -2.25. The van der Waals surface area contributed by atoms with Crippen molar-refractivity contribution in [2.24, 2.45) is 0 Å². The standard InChI is InChI=1S/C18H19N3O3S/c1-11-7-12(2)9-13(8-11)19-18(25)21-20-17(22)16-10-23-14-5-3-4-6-15(14)24-16/h3-9,16H,10H2,1-2H3,(H,20,22)(H2,19,21,25). The van der Waals surface area contributed by atoms with Crippen LogP contribution >= 0.6 is 12.2 Å². The first kappa shape index (κ1) is 17.0. The third-order valence-corrected chi connectivity index (χ3v) is 3.78. The van der Waals surface area contributed by atoms with E-state index in [1.54, 1.807) is 12.1 Å². The zero-order valence-electron chi connectivity index (χ0n) is 14.0. The Morgan fingerprint density at radius 2 is 1.76 bits per heavy atom. The predicted molar refractivity (Wildman–Crippen MR) is 99.8 cm³/mol. The molecule has 1 heterocycles. The van der Waals surface area contributed by atoms with E-state index in [-0.39, 0.29) is 17.6 Å². The van der Waals surface area contributed by atoms with E-state index in [4.69, 9.17) is 21.7 Å². The van der Waals surface area contributed by atoms with E-state index in [0.717, 1.165) is 16.8 Å². The number of carbonyl (C=O) groups is 1. The maximum atomic E-state index is 12.2. The summed E-state index contributed by atoms with van der Waals surface area (Å²) >= 11 is 5.20. The minimum absolute atomic E-state index is 0.141. The lowest BCUT2D eigenvalue weighted by molar-refractivity contribution is -0.130. The van der Waals surface area contributed by atoms with Gasteiger partial charge in [-0.25, -0.2) is 0 Å². The molecule has 0 saturated carbocycles. The van der Waals surface area contributed by atoms with Crippen molar-refractivity contribution in [2.75, 3.05) is 11.9 Å². The van der Waals surface area contributed by atoms with Crippen molar-refractivity contribution in [2.45, 2.75) is 20.0 Å². The van der Waals surface area contributed by atoms with Crippen molar-refractivity contribution in [1.29, 1.82) is 0 Å². The number of anilines is 1. The third-order valence-electron chi connectivity index (χ3n) is 3.58. The van der Waals surface area contributed by atoms with Crippen molar-refractivity contribution in [1.82, 2.24) is 10.9 Å². The van der Waals surface area contributed by atoms with E-state index in [0.29, 0.717) is 11.5 Å². The molecule has 2 aromatic rings. The van der Waals surface area contributed by atoms with Crippen molar-refractivity contribution in [3.05, 3.63) is 53.6 Å². The lowest BCUT2D eigenvalue weighted by atomic mass is 10.1. The largest absolute Gasteiger partial charge is 0.485 e. The topological polar surface area (TPSA) is 71.6 Å². The fraction of sp³-hybridized carbons (Fsp3) is 0.222. The van der Waals surface area contributed by atoms with Gasteiger partial charge in [-0.1, -0.05) is 18.2 Å². The molecule has 130 valence electrons. The number of nitrogens with one attached hydrogen (secondary N) is 3. The van der Waals surface area contributed by atoms with Gasteiger partial charge in [0.1, 0.15) is 6.61 Å². The normalized spacial score (nSPS) is 15.2. The number of benzene rings is 2. The average Bonchev–Trinajstić information content (AvgIpc) is 2.58. The second kappa shape index (κ2) is 7.40. The summed E-state index contributed by atoms with van der Waals surface area (Å²) in [6, 6.07) is 13.2. The molecule has 0 aliphatic carbocycles. The molecule has 0 fully saturated rings. The Morgan fingerprint density at radius 1 is 1.08 bits per heavy atom. The van der Waals surface area contributed by atoms with Crippen LogP contribution in [0, 0.1) is 13.8 Å². The molecule has 1 unspecified atom stereocenters.